The molecule has 1 aliphatic heterocycles. The second kappa shape index (κ2) is 6.30. The highest BCUT2D eigenvalue weighted by Crippen LogP contribution is 2.16. The van der Waals surface area contributed by atoms with Crippen LogP contribution in [0.5, 0.6) is 0 Å². The van der Waals surface area contributed by atoms with Crippen molar-refractivity contribution < 1.29 is 9.13 Å². The minimum absolute atomic E-state index is 0.152. The highest BCUT2D eigenvalue weighted by Gasteiger charge is 2.21. The van der Waals surface area contributed by atoms with Gasteiger partial charge in [0.2, 0.25) is 0 Å². The summed E-state index contributed by atoms with van der Waals surface area (Å²) >= 11 is 0. The summed E-state index contributed by atoms with van der Waals surface area (Å²) in [7, 11) is 0. The number of hydrogen-bond donors (Lipinski definition) is 1. The molecule has 0 aromatic heterocycles. The van der Waals surface area contributed by atoms with E-state index in [0.717, 1.165) is 38.2 Å². The summed E-state index contributed by atoms with van der Waals surface area (Å²) in [6, 6.07) is 5.52. The number of rotatable bonds is 5. The molecular weight excluding hydrogens is 229 g/mol. The lowest BCUT2D eigenvalue weighted by Gasteiger charge is -2.19. The van der Waals surface area contributed by atoms with Gasteiger partial charge in [-0.05, 0) is 62.4 Å². The van der Waals surface area contributed by atoms with Crippen molar-refractivity contribution in [2.75, 3.05) is 19.8 Å². The molecule has 1 aromatic carbocycles. The first-order chi connectivity index (χ1) is 8.66. The van der Waals surface area contributed by atoms with Crippen molar-refractivity contribution in [1.29, 1.82) is 0 Å². The lowest BCUT2D eigenvalue weighted by Crippen LogP contribution is -2.35. The van der Waals surface area contributed by atoms with Gasteiger partial charge in [0.1, 0.15) is 5.82 Å². The van der Waals surface area contributed by atoms with Crippen LogP contribution < -0.4 is 5.32 Å². The van der Waals surface area contributed by atoms with Crippen LogP contribution in [0.25, 0.3) is 0 Å². The van der Waals surface area contributed by atoms with E-state index in [0.29, 0.717) is 12.0 Å². The molecule has 2 unspecified atom stereocenters. The van der Waals surface area contributed by atoms with Crippen LogP contribution in [0.15, 0.2) is 18.2 Å². The third kappa shape index (κ3) is 3.53. The van der Waals surface area contributed by atoms with Gasteiger partial charge in [0.05, 0.1) is 6.61 Å². The third-order valence-corrected chi connectivity index (χ3v) is 3.84. The van der Waals surface area contributed by atoms with Gasteiger partial charge in [-0.3, -0.25) is 0 Å². The van der Waals surface area contributed by atoms with Crippen LogP contribution in [-0.2, 0) is 11.2 Å². The van der Waals surface area contributed by atoms with Crippen molar-refractivity contribution in [3.63, 3.8) is 0 Å². The van der Waals surface area contributed by atoms with Gasteiger partial charge in [-0.2, -0.15) is 0 Å². The number of nitrogens with one attached hydrogen (secondary N) is 1. The van der Waals surface area contributed by atoms with Crippen molar-refractivity contribution in [2.45, 2.75) is 32.7 Å². The Morgan fingerprint density at radius 1 is 1.50 bits per heavy atom. The molecule has 2 nitrogen and oxygen atoms in total. The van der Waals surface area contributed by atoms with Gasteiger partial charge in [-0.15, -0.1) is 0 Å². The Hall–Kier alpha value is -0.930. The van der Waals surface area contributed by atoms with E-state index < -0.39 is 0 Å². The molecule has 1 heterocycles. The Morgan fingerprint density at radius 2 is 2.33 bits per heavy atom. The second-order valence-electron chi connectivity index (χ2n) is 5.19. The van der Waals surface area contributed by atoms with Gasteiger partial charge < -0.3 is 10.1 Å². The first-order valence-corrected chi connectivity index (χ1v) is 6.73. The van der Waals surface area contributed by atoms with E-state index in [-0.39, 0.29) is 5.82 Å². The minimum atomic E-state index is -0.152. The normalized spacial score (nSPS) is 21.2. The monoisotopic (exact) mass is 251 g/mol. The summed E-state index contributed by atoms with van der Waals surface area (Å²) in [5.74, 6) is 0.486. The molecule has 0 spiro atoms. The lowest BCUT2D eigenvalue weighted by atomic mass is 10.00. The molecule has 100 valence electrons. The fraction of sp³-hybridized carbons (Fsp3) is 0.600. The molecule has 1 aliphatic rings. The van der Waals surface area contributed by atoms with Crippen LogP contribution in [0.1, 0.15) is 24.5 Å². The Kier molecular flexibility index (Phi) is 4.72. The Bertz CT molecular complexity index is 388. The number of ether oxygens (including phenoxy) is 1. The average molecular weight is 251 g/mol. The number of halogens is 1. The SMILES string of the molecule is Cc1cc(F)ccc1CCNC(C)C1CCOC1. The fourth-order valence-electron chi connectivity index (χ4n) is 2.49. The van der Waals surface area contributed by atoms with Crippen LogP contribution in [0, 0.1) is 18.7 Å². The van der Waals surface area contributed by atoms with Crippen molar-refractivity contribution in [3.8, 4) is 0 Å². The highest BCUT2D eigenvalue weighted by atomic mass is 19.1. The first-order valence-electron chi connectivity index (χ1n) is 6.73. The summed E-state index contributed by atoms with van der Waals surface area (Å²) in [6.07, 6.45) is 2.10. The first kappa shape index (κ1) is 13.5. The largest absolute Gasteiger partial charge is 0.381 e. The van der Waals surface area contributed by atoms with Crippen LogP contribution in [-0.4, -0.2) is 25.8 Å². The molecule has 3 heteroatoms. The van der Waals surface area contributed by atoms with Crippen molar-refractivity contribution in [3.05, 3.63) is 35.1 Å². The van der Waals surface area contributed by atoms with E-state index in [1.54, 1.807) is 6.07 Å². The zero-order valence-corrected chi connectivity index (χ0v) is 11.2. The molecule has 0 radical (unpaired) electrons. The van der Waals surface area contributed by atoms with Crippen LogP contribution in [0.3, 0.4) is 0 Å². The lowest BCUT2D eigenvalue weighted by molar-refractivity contribution is 0.178. The maximum Gasteiger partial charge on any atom is 0.123 e. The van der Waals surface area contributed by atoms with Gasteiger partial charge in [0, 0.05) is 12.6 Å². The van der Waals surface area contributed by atoms with Gasteiger partial charge in [0.15, 0.2) is 0 Å². The molecule has 1 fully saturated rings. The van der Waals surface area contributed by atoms with Crippen LogP contribution >= 0.6 is 0 Å². The molecule has 1 aromatic rings. The van der Waals surface area contributed by atoms with Gasteiger partial charge >= 0.3 is 0 Å². The van der Waals surface area contributed by atoms with E-state index >= 15 is 0 Å². The maximum absolute atomic E-state index is 13.0. The predicted molar refractivity (Wildman–Crippen MR) is 71.2 cm³/mol. The van der Waals surface area contributed by atoms with Crippen LogP contribution in [0.2, 0.25) is 0 Å². The summed E-state index contributed by atoms with van der Waals surface area (Å²) < 4.78 is 18.4. The van der Waals surface area contributed by atoms with Crippen molar-refractivity contribution in [1.82, 2.24) is 5.32 Å². The zero-order chi connectivity index (χ0) is 13.0. The van der Waals surface area contributed by atoms with E-state index in [9.17, 15) is 4.39 Å². The minimum Gasteiger partial charge on any atom is -0.381 e. The number of benzene rings is 1. The molecule has 18 heavy (non-hydrogen) atoms. The Balaban J connectivity index is 1.77. The van der Waals surface area contributed by atoms with Gasteiger partial charge in [-0.25, -0.2) is 4.39 Å². The average Bonchev–Trinajstić information content (AvgIpc) is 2.85. The predicted octanol–water partition coefficient (Wildman–Crippen LogP) is 2.69. The highest BCUT2D eigenvalue weighted by molar-refractivity contribution is 5.26. The quantitative estimate of drug-likeness (QED) is 0.868. The topological polar surface area (TPSA) is 21.3 Å². The Morgan fingerprint density at radius 3 is 3.00 bits per heavy atom. The maximum atomic E-state index is 13.0. The smallest absolute Gasteiger partial charge is 0.123 e. The van der Waals surface area contributed by atoms with Crippen LogP contribution in [0.4, 0.5) is 4.39 Å². The molecule has 2 atom stereocenters. The second-order valence-corrected chi connectivity index (χ2v) is 5.19. The van der Waals surface area contributed by atoms with E-state index in [4.69, 9.17) is 4.74 Å². The third-order valence-electron chi connectivity index (χ3n) is 3.84. The molecule has 0 saturated carbocycles. The van der Waals surface area contributed by atoms with E-state index in [2.05, 4.69) is 12.2 Å². The molecule has 0 bridgehead atoms. The molecule has 0 aliphatic carbocycles. The summed E-state index contributed by atoms with van der Waals surface area (Å²) in [5.41, 5.74) is 2.26. The number of aryl methyl sites for hydroxylation is 1. The van der Waals surface area contributed by atoms with Crippen molar-refractivity contribution in [2.24, 2.45) is 5.92 Å². The summed E-state index contributed by atoms with van der Waals surface area (Å²) in [6.45, 7) is 6.89. The molecule has 0 amide bonds. The molecule has 2 rings (SSSR count). The zero-order valence-electron chi connectivity index (χ0n) is 11.2. The Labute approximate surface area is 109 Å². The van der Waals surface area contributed by atoms with E-state index in [1.165, 1.54) is 11.6 Å². The summed E-state index contributed by atoms with van der Waals surface area (Å²) in [5, 5.41) is 3.54. The fourth-order valence-corrected chi connectivity index (χ4v) is 2.49. The summed E-state index contributed by atoms with van der Waals surface area (Å²) in [4.78, 5) is 0. The molecule has 1 saturated heterocycles. The standard InChI is InChI=1S/C15H22FNO/c1-11-9-15(16)4-3-13(11)5-7-17-12(2)14-6-8-18-10-14/h3-4,9,12,14,17H,5-8,10H2,1-2H3. The number of hydrogen-bond acceptors (Lipinski definition) is 2. The van der Waals surface area contributed by atoms with Gasteiger partial charge in [0.25, 0.3) is 0 Å². The van der Waals surface area contributed by atoms with Gasteiger partial charge in [-0.1, -0.05) is 6.07 Å². The van der Waals surface area contributed by atoms with Crippen molar-refractivity contribution >= 4 is 0 Å². The molecular formula is C15H22FNO. The molecule has 1 N–H and O–H groups in total. The van der Waals surface area contributed by atoms with E-state index in [1.807, 2.05) is 13.0 Å².